The molecule has 0 atom stereocenters. The molecule has 1 aliphatic heterocycles. The van der Waals surface area contributed by atoms with Crippen molar-refractivity contribution in [2.45, 2.75) is 13.8 Å². The molecule has 0 aromatic carbocycles. The predicted octanol–water partition coefficient (Wildman–Crippen LogP) is 1.34. The largest absolute Gasteiger partial charge is 0.478 e. The number of rotatable bonds is 4. The van der Waals surface area contributed by atoms with Crippen LogP contribution in [0.25, 0.3) is 0 Å². The Labute approximate surface area is 106 Å². The second-order valence-electron chi connectivity index (χ2n) is 4.10. The van der Waals surface area contributed by atoms with Gasteiger partial charge in [0.15, 0.2) is 0 Å². The molecule has 0 radical (unpaired) electrons. The van der Waals surface area contributed by atoms with Gasteiger partial charge in [0.05, 0.1) is 18.5 Å². The third-order valence-corrected chi connectivity index (χ3v) is 2.83. The molecule has 5 nitrogen and oxygen atoms in total. The molecule has 0 saturated carbocycles. The second-order valence-corrected chi connectivity index (χ2v) is 4.10. The van der Waals surface area contributed by atoms with Crippen LogP contribution in [0.3, 0.4) is 0 Å². The molecule has 2 N–H and O–H groups in total. The maximum atomic E-state index is 11.9. The number of ether oxygens (including phenoxy) is 1. The van der Waals surface area contributed by atoms with Gasteiger partial charge in [-0.2, -0.15) is 0 Å². The molecule has 18 heavy (non-hydrogen) atoms. The highest BCUT2D eigenvalue weighted by molar-refractivity contribution is 6.04. The van der Waals surface area contributed by atoms with Crippen LogP contribution >= 0.6 is 0 Å². The summed E-state index contributed by atoms with van der Waals surface area (Å²) in [7, 11) is 0. The maximum Gasteiger partial charge on any atom is 0.251 e. The van der Waals surface area contributed by atoms with Gasteiger partial charge in [0, 0.05) is 24.7 Å². The molecule has 1 aromatic heterocycles. The molecule has 1 fully saturated rings. The van der Waals surface area contributed by atoms with Crippen LogP contribution in [0.2, 0.25) is 0 Å². The van der Waals surface area contributed by atoms with Crippen LogP contribution in [-0.2, 0) is 4.79 Å². The monoisotopic (exact) mass is 247 g/mol. The zero-order valence-corrected chi connectivity index (χ0v) is 10.6. The number of nitrogens with zero attached hydrogens (tertiary/aromatic N) is 1. The van der Waals surface area contributed by atoms with Gasteiger partial charge in [-0.25, -0.2) is 4.98 Å². The Kier molecular flexibility index (Phi) is 3.94. The Bertz CT molecular complexity index is 460. The van der Waals surface area contributed by atoms with E-state index >= 15 is 0 Å². The van der Waals surface area contributed by atoms with E-state index in [1.807, 2.05) is 13.8 Å². The second kappa shape index (κ2) is 5.64. The van der Waals surface area contributed by atoms with Crippen molar-refractivity contribution in [1.82, 2.24) is 10.3 Å². The molecule has 1 aromatic rings. The van der Waals surface area contributed by atoms with E-state index in [0.717, 1.165) is 24.2 Å². The topological polar surface area (TPSA) is 63.2 Å². The zero-order chi connectivity index (χ0) is 13.0. The summed E-state index contributed by atoms with van der Waals surface area (Å²) in [6, 6.07) is 3.53. The Morgan fingerprint density at radius 2 is 2.28 bits per heavy atom. The van der Waals surface area contributed by atoms with Gasteiger partial charge in [-0.05, 0) is 25.5 Å². The highest BCUT2D eigenvalue weighted by Crippen LogP contribution is 2.14. The molecule has 1 saturated heterocycles. The minimum atomic E-state index is -0.0718. The molecular weight excluding hydrogens is 230 g/mol. The molecule has 0 bridgehead atoms. The Balaban J connectivity index is 1.98. The fraction of sp³-hybridized carbons (Fsp3) is 0.385. The third-order valence-electron chi connectivity index (χ3n) is 2.83. The molecule has 0 spiro atoms. The van der Waals surface area contributed by atoms with Crippen LogP contribution in [0.1, 0.15) is 13.8 Å². The van der Waals surface area contributed by atoms with E-state index in [9.17, 15) is 4.79 Å². The van der Waals surface area contributed by atoms with Crippen LogP contribution in [0, 0.1) is 0 Å². The van der Waals surface area contributed by atoms with E-state index in [-0.39, 0.29) is 5.91 Å². The minimum absolute atomic E-state index is 0.0718. The average molecular weight is 247 g/mol. The molecule has 0 aliphatic carbocycles. The lowest BCUT2D eigenvalue weighted by Crippen LogP contribution is -2.36. The maximum absolute atomic E-state index is 11.9. The van der Waals surface area contributed by atoms with Gasteiger partial charge in [-0.3, -0.25) is 4.79 Å². The van der Waals surface area contributed by atoms with Crippen molar-refractivity contribution in [2.75, 3.05) is 25.0 Å². The number of carbonyl (C=O) groups excluding carboxylic acids is 1. The molecule has 0 unspecified atom stereocenters. The van der Waals surface area contributed by atoms with Crippen molar-refractivity contribution in [3.05, 3.63) is 29.5 Å². The first-order valence-electron chi connectivity index (χ1n) is 6.00. The zero-order valence-electron chi connectivity index (χ0n) is 10.6. The van der Waals surface area contributed by atoms with Gasteiger partial charge in [0.25, 0.3) is 5.91 Å². The van der Waals surface area contributed by atoms with E-state index in [1.165, 1.54) is 0 Å². The van der Waals surface area contributed by atoms with Crippen LogP contribution < -0.4 is 15.4 Å². The highest BCUT2D eigenvalue weighted by atomic mass is 16.5. The van der Waals surface area contributed by atoms with E-state index < -0.39 is 0 Å². The van der Waals surface area contributed by atoms with Gasteiger partial charge in [0.1, 0.15) is 0 Å². The first-order chi connectivity index (χ1) is 8.70. The van der Waals surface area contributed by atoms with Crippen LogP contribution in [0.5, 0.6) is 5.88 Å². The third kappa shape index (κ3) is 2.87. The lowest BCUT2D eigenvalue weighted by atomic mass is 10.0. The summed E-state index contributed by atoms with van der Waals surface area (Å²) in [5, 5.41) is 5.93. The van der Waals surface area contributed by atoms with E-state index in [4.69, 9.17) is 4.74 Å². The van der Waals surface area contributed by atoms with Crippen molar-refractivity contribution in [1.29, 1.82) is 0 Å². The lowest BCUT2D eigenvalue weighted by molar-refractivity contribution is -0.112. The predicted molar refractivity (Wildman–Crippen MR) is 69.6 cm³/mol. The normalized spacial score (nSPS) is 13.8. The molecule has 1 aliphatic rings. The first-order valence-corrected chi connectivity index (χ1v) is 6.00. The van der Waals surface area contributed by atoms with E-state index in [0.29, 0.717) is 18.2 Å². The smallest absolute Gasteiger partial charge is 0.251 e. The van der Waals surface area contributed by atoms with Crippen molar-refractivity contribution in [2.24, 2.45) is 0 Å². The Hall–Kier alpha value is -1.88. The highest BCUT2D eigenvalue weighted by Gasteiger charge is 2.16. The van der Waals surface area contributed by atoms with Gasteiger partial charge in [-0.1, -0.05) is 0 Å². The lowest BCUT2D eigenvalue weighted by Gasteiger charge is -2.21. The number of carbonyl (C=O) groups is 1. The first kappa shape index (κ1) is 12.6. The number of amides is 1. The molecule has 2 heterocycles. The number of pyridine rings is 1. The number of anilines is 1. The van der Waals surface area contributed by atoms with Crippen molar-refractivity contribution >= 4 is 11.6 Å². The SMILES string of the molecule is CCOc1ccc(NC(=O)C(C)=C2CNC2)cn1. The molecule has 1 amide bonds. The van der Waals surface area contributed by atoms with Crippen LogP contribution in [0.4, 0.5) is 5.69 Å². The van der Waals surface area contributed by atoms with Crippen LogP contribution in [0.15, 0.2) is 29.5 Å². The fourth-order valence-corrected chi connectivity index (χ4v) is 1.59. The number of hydrogen-bond acceptors (Lipinski definition) is 4. The minimum Gasteiger partial charge on any atom is -0.478 e. The summed E-state index contributed by atoms with van der Waals surface area (Å²) in [6.45, 7) is 5.94. The Morgan fingerprint density at radius 3 is 2.78 bits per heavy atom. The quantitative estimate of drug-likeness (QED) is 0.788. The number of nitrogens with one attached hydrogen (secondary N) is 2. The van der Waals surface area contributed by atoms with Gasteiger partial charge >= 0.3 is 0 Å². The molecule has 5 heteroatoms. The standard InChI is InChI=1S/C13H17N3O2/c1-3-18-12-5-4-11(8-15-12)16-13(17)9(2)10-6-14-7-10/h4-5,8,14H,3,6-7H2,1-2H3,(H,16,17). The van der Waals surface area contributed by atoms with Crippen molar-refractivity contribution in [3.63, 3.8) is 0 Å². The van der Waals surface area contributed by atoms with Gasteiger partial charge in [0.2, 0.25) is 5.88 Å². The molecule has 2 rings (SSSR count). The summed E-state index contributed by atoms with van der Waals surface area (Å²) < 4.78 is 5.24. The fourth-order valence-electron chi connectivity index (χ4n) is 1.59. The average Bonchev–Trinajstić information content (AvgIpc) is 2.29. The molecule has 96 valence electrons. The number of hydrogen-bond donors (Lipinski definition) is 2. The summed E-state index contributed by atoms with van der Waals surface area (Å²) in [6.07, 6.45) is 1.60. The summed E-state index contributed by atoms with van der Waals surface area (Å²) in [4.78, 5) is 16.0. The summed E-state index contributed by atoms with van der Waals surface area (Å²) >= 11 is 0. The van der Waals surface area contributed by atoms with E-state index in [2.05, 4.69) is 15.6 Å². The Morgan fingerprint density at radius 1 is 1.50 bits per heavy atom. The van der Waals surface area contributed by atoms with Gasteiger partial charge in [-0.15, -0.1) is 0 Å². The summed E-state index contributed by atoms with van der Waals surface area (Å²) in [5.41, 5.74) is 2.62. The number of aromatic nitrogens is 1. The van der Waals surface area contributed by atoms with Crippen molar-refractivity contribution in [3.8, 4) is 5.88 Å². The molecular formula is C13H17N3O2. The summed E-state index contributed by atoms with van der Waals surface area (Å²) in [5.74, 6) is 0.492. The van der Waals surface area contributed by atoms with E-state index in [1.54, 1.807) is 18.3 Å². The van der Waals surface area contributed by atoms with Crippen molar-refractivity contribution < 1.29 is 9.53 Å². The van der Waals surface area contributed by atoms with Gasteiger partial charge < -0.3 is 15.4 Å². The van der Waals surface area contributed by atoms with Crippen LogP contribution in [-0.4, -0.2) is 30.6 Å².